The SMILES string of the molecule is CN=C(NCc1sc(C)nc1C)NCC(C)c1cccs1. The highest BCUT2D eigenvalue weighted by atomic mass is 32.1. The van der Waals surface area contributed by atoms with Crippen LogP contribution in [0.3, 0.4) is 0 Å². The largest absolute Gasteiger partial charge is 0.356 e. The van der Waals surface area contributed by atoms with Crippen molar-refractivity contribution in [3.8, 4) is 0 Å². The summed E-state index contributed by atoms with van der Waals surface area (Å²) in [6.07, 6.45) is 0. The lowest BCUT2D eigenvalue weighted by Crippen LogP contribution is -2.38. The van der Waals surface area contributed by atoms with Gasteiger partial charge in [0.15, 0.2) is 5.96 Å². The fourth-order valence-electron chi connectivity index (χ4n) is 2.04. The number of hydrogen-bond donors (Lipinski definition) is 2. The predicted molar refractivity (Wildman–Crippen MR) is 92.5 cm³/mol. The van der Waals surface area contributed by atoms with Crippen LogP contribution in [0.2, 0.25) is 0 Å². The highest BCUT2D eigenvalue weighted by Crippen LogP contribution is 2.19. The molecule has 1 unspecified atom stereocenters. The third-order valence-corrected chi connectivity index (χ3v) is 5.42. The van der Waals surface area contributed by atoms with Gasteiger partial charge in [-0.15, -0.1) is 22.7 Å². The van der Waals surface area contributed by atoms with Gasteiger partial charge < -0.3 is 10.6 Å². The Morgan fingerprint density at radius 3 is 2.76 bits per heavy atom. The van der Waals surface area contributed by atoms with E-state index in [1.54, 1.807) is 29.7 Å². The predicted octanol–water partition coefficient (Wildman–Crippen LogP) is 3.29. The molecular weight excluding hydrogens is 300 g/mol. The van der Waals surface area contributed by atoms with Crippen LogP contribution >= 0.6 is 22.7 Å². The molecule has 0 aliphatic rings. The number of thiophene rings is 1. The van der Waals surface area contributed by atoms with Gasteiger partial charge in [0, 0.05) is 29.3 Å². The standard InChI is InChI=1S/C15H22N4S2/c1-10(13-6-5-7-20-13)8-17-15(16-4)18-9-14-11(2)19-12(3)21-14/h5-7,10H,8-9H2,1-4H3,(H2,16,17,18). The first-order chi connectivity index (χ1) is 10.1. The number of nitrogens with zero attached hydrogens (tertiary/aromatic N) is 2. The highest BCUT2D eigenvalue weighted by molar-refractivity contribution is 7.11. The van der Waals surface area contributed by atoms with E-state index in [0.717, 1.165) is 29.8 Å². The van der Waals surface area contributed by atoms with Gasteiger partial charge in [0.1, 0.15) is 0 Å². The molecule has 114 valence electrons. The minimum Gasteiger partial charge on any atom is -0.356 e. The van der Waals surface area contributed by atoms with Gasteiger partial charge >= 0.3 is 0 Å². The van der Waals surface area contributed by atoms with E-state index in [0.29, 0.717) is 5.92 Å². The van der Waals surface area contributed by atoms with Gasteiger partial charge in [-0.3, -0.25) is 4.99 Å². The summed E-state index contributed by atoms with van der Waals surface area (Å²) in [5.41, 5.74) is 1.10. The van der Waals surface area contributed by atoms with Crippen molar-refractivity contribution in [2.45, 2.75) is 33.2 Å². The van der Waals surface area contributed by atoms with Gasteiger partial charge in [-0.2, -0.15) is 0 Å². The van der Waals surface area contributed by atoms with Crippen LogP contribution in [0.15, 0.2) is 22.5 Å². The Bertz CT molecular complexity index is 587. The Hall–Kier alpha value is -1.40. The number of guanidine groups is 1. The number of aryl methyl sites for hydroxylation is 2. The van der Waals surface area contributed by atoms with Crippen LogP contribution in [0.1, 0.15) is 33.3 Å². The molecule has 0 aromatic carbocycles. The molecule has 0 spiro atoms. The third kappa shape index (κ3) is 4.54. The quantitative estimate of drug-likeness (QED) is 0.656. The van der Waals surface area contributed by atoms with Crippen LogP contribution < -0.4 is 10.6 Å². The molecule has 2 aromatic rings. The molecular formula is C15H22N4S2. The monoisotopic (exact) mass is 322 g/mol. The van der Waals surface area contributed by atoms with Crippen LogP contribution in [0, 0.1) is 13.8 Å². The summed E-state index contributed by atoms with van der Waals surface area (Å²) < 4.78 is 0. The van der Waals surface area contributed by atoms with E-state index in [1.807, 2.05) is 6.92 Å². The van der Waals surface area contributed by atoms with Crippen molar-refractivity contribution in [2.75, 3.05) is 13.6 Å². The molecule has 0 amide bonds. The summed E-state index contributed by atoms with van der Waals surface area (Å²) in [7, 11) is 1.80. The molecule has 21 heavy (non-hydrogen) atoms. The highest BCUT2D eigenvalue weighted by Gasteiger charge is 2.09. The zero-order chi connectivity index (χ0) is 15.2. The van der Waals surface area contributed by atoms with Gasteiger partial charge in [0.05, 0.1) is 17.2 Å². The number of hydrogen-bond acceptors (Lipinski definition) is 4. The Morgan fingerprint density at radius 1 is 1.38 bits per heavy atom. The number of aliphatic imine (C=N–C) groups is 1. The molecule has 6 heteroatoms. The lowest BCUT2D eigenvalue weighted by atomic mass is 10.1. The van der Waals surface area contributed by atoms with Crippen LogP contribution in [0.4, 0.5) is 0 Å². The Kier molecular flexibility index (Phi) is 5.76. The molecule has 4 nitrogen and oxygen atoms in total. The van der Waals surface area contributed by atoms with Crippen molar-refractivity contribution in [3.05, 3.63) is 38.0 Å². The van der Waals surface area contributed by atoms with Gasteiger partial charge in [0.2, 0.25) is 0 Å². The second-order valence-electron chi connectivity index (χ2n) is 4.96. The Labute approximate surface area is 134 Å². The second kappa shape index (κ2) is 7.56. The molecule has 0 aliphatic heterocycles. The molecule has 2 aromatic heterocycles. The maximum Gasteiger partial charge on any atom is 0.191 e. The third-order valence-electron chi connectivity index (χ3n) is 3.24. The van der Waals surface area contributed by atoms with E-state index < -0.39 is 0 Å². The van der Waals surface area contributed by atoms with Gasteiger partial charge in [-0.05, 0) is 25.3 Å². The van der Waals surface area contributed by atoms with E-state index in [2.05, 4.69) is 52.0 Å². The zero-order valence-corrected chi connectivity index (χ0v) is 14.6. The molecule has 2 N–H and O–H groups in total. The van der Waals surface area contributed by atoms with Crippen molar-refractivity contribution in [1.82, 2.24) is 15.6 Å². The first-order valence-corrected chi connectivity index (χ1v) is 8.70. The topological polar surface area (TPSA) is 49.3 Å². The maximum absolute atomic E-state index is 4.44. The fourth-order valence-corrected chi connectivity index (χ4v) is 3.71. The molecule has 0 bridgehead atoms. The average Bonchev–Trinajstić information content (AvgIpc) is 3.09. The molecule has 0 saturated heterocycles. The zero-order valence-electron chi connectivity index (χ0n) is 12.9. The summed E-state index contributed by atoms with van der Waals surface area (Å²) in [4.78, 5) is 11.4. The van der Waals surface area contributed by atoms with Gasteiger partial charge in [0.25, 0.3) is 0 Å². The van der Waals surface area contributed by atoms with E-state index in [4.69, 9.17) is 0 Å². The van der Waals surface area contributed by atoms with Crippen LogP contribution in [0.5, 0.6) is 0 Å². The molecule has 2 heterocycles. The van der Waals surface area contributed by atoms with Crippen molar-refractivity contribution in [3.63, 3.8) is 0 Å². The molecule has 1 atom stereocenters. The number of nitrogens with one attached hydrogen (secondary N) is 2. The van der Waals surface area contributed by atoms with Gasteiger partial charge in [-0.1, -0.05) is 13.0 Å². The smallest absolute Gasteiger partial charge is 0.191 e. The molecule has 0 radical (unpaired) electrons. The van der Waals surface area contributed by atoms with Crippen molar-refractivity contribution in [2.24, 2.45) is 4.99 Å². The molecule has 0 saturated carbocycles. The second-order valence-corrected chi connectivity index (χ2v) is 7.23. The minimum atomic E-state index is 0.482. The Balaban J connectivity index is 1.82. The first kappa shape index (κ1) is 16.0. The van der Waals surface area contributed by atoms with E-state index in [1.165, 1.54) is 9.75 Å². The van der Waals surface area contributed by atoms with E-state index >= 15 is 0 Å². The summed E-state index contributed by atoms with van der Waals surface area (Å²) in [5, 5.41) is 9.97. The average molecular weight is 323 g/mol. The maximum atomic E-state index is 4.44. The molecule has 0 aliphatic carbocycles. The van der Waals surface area contributed by atoms with Crippen molar-refractivity contribution < 1.29 is 0 Å². The van der Waals surface area contributed by atoms with Crippen molar-refractivity contribution >= 4 is 28.6 Å². The lowest BCUT2D eigenvalue weighted by molar-refractivity contribution is 0.709. The van der Waals surface area contributed by atoms with Crippen LogP contribution in [-0.4, -0.2) is 24.5 Å². The van der Waals surface area contributed by atoms with Crippen LogP contribution in [-0.2, 0) is 6.54 Å². The van der Waals surface area contributed by atoms with Crippen molar-refractivity contribution in [1.29, 1.82) is 0 Å². The minimum absolute atomic E-state index is 0.482. The molecule has 2 rings (SSSR count). The van der Waals surface area contributed by atoms with Gasteiger partial charge in [-0.25, -0.2) is 4.98 Å². The summed E-state index contributed by atoms with van der Waals surface area (Å²) >= 11 is 3.53. The van der Waals surface area contributed by atoms with Crippen LogP contribution in [0.25, 0.3) is 0 Å². The van der Waals surface area contributed by atoms with E-state index in [9.17, 15) is 0 Å². The summed E-state index contributed by atoms with van der Waals surface area (Å²) in [6.45, 7) is 7.96. The Morgan fingerprint density at radius 2 is 2.19 bits per heavy atom. The number of thiazole rings is 1. The lowest BCUT2D eigenvalue weighted by Gasteiger charge is -2.15. The normalized spacial score (nSPS) is 13.2. The molecule has 0 fully saturated rings. The summed E-state index contributed by atoms with van der Waals surface area (Å²) in [6, 6.07) is 4.27. The first-order valence-electron chi connectivity index (χ1n) is 7.01. The number of aromatic nitrogens is 1. The summed E-state index contributed by atoms with van der Waals surface area (Å²) in [5.74, 6) is 1.32. The van der Waals surface area contributed by atoms with E-state index in [-0.39, 0.29) is 0 Å². The number of rotatable bonds is 5. The fraction of sp³-hybridized carbons (Fsp3) is 0.467.